The molecule has 0 aromatic rings. The second kappa shape index (κ2) is 7.41. The van der Waals surface area contributed by atoms with Gasteiger partial charge in [-0.05, 0) is 13.0 Å². The summed E-state index contributed by atoms with van der Waals surface area (Å²) in [4.78, 5) is 14.6. The van der Waals surface area contributed by atoms with E-state index >= 15 is 0 Å². The molecule has 0 atom stereocenters. The van der Waals surface area contributed by atoms with Crippen LogP contribution in [0.25, 0.3) is 0 Å². The van der Waals surface area contributed by atoms with Crippen LogP contribution in [0.3, 0.4) is 0 Å². The summed E-state index contributed by atoms with van der Waals surface area (Å²) in [6, 6.07) is 0. The Morgan fingerprint density at radius 2 is 1.67 bits per heavy atom. The summed E-state index contributed by atoms with van der Waals surface area (Å²) in [6.07, 6.45) is 0.803. The minimum absolute atomic E-state index is 0.598. The van der Waals surface area contributed by atoms with Crippen molar-refractivity contribution in [2.24, 2.45) is 5.73 Å². The van der Waals surface area contributed by atoms with Crippen LogP contribution in [0.1, 0.15) is 6.42 Å². The molecule has 0 bridgehead atoms. The Morgan fingerprint density at radius 1 is 1.08 bits per heavy atom. The van der Waals surface area contributed by atoms with Gasteiger partial charge in [-0.3, -0.25) is 14.5 Å². The summed E-state index contributed by atoms with van der Waals surface area (Å²) in [6.45, 7) is 1.22. The first-order valence-electron chi connectivity index (χ1n) is 3.70. The lowest BCUT2D eigenvalue weighted by Gasteiger charge is -2.27. The highest BCUT2D eigenvalue weighted by atomic mass is 17.0. The molecule has 0 saturated heterocycles. The molecule has 0 aromatic heterocycles. The van der Waals surface area contributed by atoms with Crippen LogP contribution in [-0.2, 0) is 14.5 Å². The molecule has 0 spiro atoms. The maximum atomic E-state index is 5.33. The molecular formula is C6H17N3O3. The van der Waals surface area contributed by atoms with Gasteiger partial charge in [0.25, 0.3) is 0 Å². The Morgan fingerprint density at radius 3 is 2.00 bits per heavy atom. The van der Waals surface area contributed by atoms with Gasteiger partial charge in [0.1, 0.15) is 0 Å². The monoisotopic (exact) mass is 179 g/mol. The normalized spacial score (nSPS) is 11.5. The third-order valence-electron chi connectivity index (χ3n) is 1.26. The highest BCUT2D eigenvalue weighted by Crippen LogP contribution is 1.99. The molecule has 0 aliphatic carbocycles. The van der Waals surface area contributed by atoms with Gasteiger partial charge < -0.3 is 5.73 Å². The molecule has 0 aromatic carbocycles. The van der Waals surface area contributed by atoms with Crippen molar-refractivity contribution >= 4 is 0 Å². The SMILES string of the molecule is CON(CCCN)N(OC)OC. The van der Waals surface area contributed by atoms with Crippen molar-refractivity contribution in [2.75, 3.05) is 34.4 Å². The van der Waals surface area contributed by atoms with Crippen LogP contribution in [0.2, 0.25) is 0 Å². The van der Waals surface area contributed by atoms with Gasteiger partial charge in [-0.1, -0.05) is 5.17 Å². The van der Waals surface area contributed by atoms with Crippen molar-refractivity contribution in [1.82, 2.24) is 10.5 Å². The van der Waals surface area contributed by atoms with Gasteiger partial charge in [0.05, 0.1) is 21.3 Å². The zero-order valence-corrected chi connectivity index (χ0v) is 7.82. The van der Waals surface area contributed by atoms with Gasteiger partial charge >= 0.3 is 0 Å². The summed E-state index contributed by atoms with van der Waals surface area (Å²) >= 11 is 0. The van der Waals surface area contributed by atoms with E-state index in [9.17, 15) is 0 Å². The van der Waals surface area contributed by atoms with Crippen LogP contribution in [0.4, 0.5) is 0 Å². The molecule has 6 nitrogen and oxygen atoms in total. The topological polar surface area (TPSA) is 60.2 Å². The first-order chi connectivity index (χ1) is 5.79. The average Bonchev–Trinajstić information content (AvgIpc) is 2.12. The van der Waals surface area contributed by atoms with Gasteiger partial charge in [-0.15, -0.1) is 0 Å². The van der Waals surface area contributed by atoms with Crippen LogP contribution in [0.15, 0.2) is 0 Å². The molecular weight excluding hydrogens is 162 g/mol. The van der Waals surface area contributed by atoms with Gasteiger partial charge in [0, 0.05) is 11.9 Å². The van der Waals surface area contributed by atoms with E-state index in [1.165, 1.54) is 26.5 Å². The van der Waals surface area contributed by atoms with Gasteiger partial charge in [0.15, 0.2) is 0 Å². The summed E-state index contributed by atoms with van der Waals surface area (Å²) in [5.41, 5.74) is 5.33. The van der Waals surface area contributed by atoms with Crippen LogP contribution in [0.5, 0.6) is 0 Å². The van der Waals surface area contributed by atoms with E-state index in [0.717, 1.165) is 11.8 Å². The molecule has 2 N–H and O–H groups in total. The molecule has 0 radical (unpaired) electrons. The van der Waals surface area contributed by atoms with E-state index in [1.807, 2.05) is 0 Å². The lowest BCUT2D eigenvalue weighted by Crippen LogP contribution is -2.41. The maximum absolute atomic E-state index is 5.33. The predicted octanol–water partition coefficient (Wildman–Crippen LogP) is -0.462. The number of rotatable bonds is 7. The largest absolute Gasteiger partial charge is 0.330 e. The van der Waals surface area contributed by atoms with E-state index in [0.29, 0.717) is 13.1 Å². The van der Waals surface area contributed by atoms with E-state index in [2.05, 4.69) is 0 Å². The molecule has 0 aliphatic rings. The first kappa shape index (κ1) is 11.8. The van der Waals surface area contributed by atoms with Crippen molar-refractivity contribution in [1.29, 1.82) is 0 Å². The van der Waals surface area contributed by atoms with Crippen molar-refractivity contribution in [3.8, 4) is 0 Å². The van der Waals surface area contributed by atoms with Crippen LogP contribution < -0.4 is 5.73 Å². The standard InChI is InChI=1S/C6H17N3O3/c1-10-8(6-4-5-7)9(11-2)12-3/h4-7H2,1-3H3. The first-order valence-corrected chi connectivity index (χ1v) is 3.70. The third-order valence-corrected chi connectivity index (χ3v) is 1.26. The fourth-order valence-electron chi connectivity index (χ4n) is 0.723. The zero-order chi connectivity index (χ0) is 9.40. The minimum atomic E-state index is 0.598. The molecule has 0 aliphatic heterocycles. The molecule has 0 amide bonds. The Hall–Kier alpha value is -0.240. The Bertz CT molecular complexity index is 100. The summed E-state index contributed by atoms with van der Waals surface area (Å²) in [7, 11) is 4.50. The van der Waals surface area contributed by atoms with Gasteiger partial charge in [-0.25, -0.2) is 0 Å². The average molecular weight is 179 g/mol. The molecule has 0 rings (SSSR count). The molecule has 0 saturated carbocycles. The number of nitrogens with zero attached hydrogens (tertiary/aromatic N) is 2. The molecule has 12 heavy (non-hydrogen) atoms. The molecule has 0 fully saturated rings. The number of hydroxylamine groups is 1. The third kappa shape index (κ3) is 3.96. The van der Waals surface area contributed by atoms with Crippen molar-refractivity contribution in [3.63, 3.8) is 0 Å². The summed E-state index contributed by atoms with van der Waals surface area (Å²) < 4.78 is 0. The minimum Gasteiger partial charge on any atom is -0.330 e. The lowest BCUT2D eigenvalue weighted by atomic mass is 10.4. The van der Waals surface area contributed by atoms with E-state index in [1.54, 1.807) is 0 Å². The van der Waals surface area contributed by atoms with Crippen LogP contribution >= 0.6 is 0 Å². The lowest BCUT2D eigenvalue weighted by molar-refractivity contribution is -0.514. The molecule has 0 unspecified atom stereocenters. The highest BCUT2D eigenvalue weighted by Gasteiger charge is 2.13. The molecule has 74 valence electrons. The van der Waals surface area contributed by atoms with E-state index < -0.39 is 0 Å². The van der Waals surface area contributed by atoms with E-state index in [4.69, 9.17) is 20.2 Å². The molecule has 0 heterocycles. The van der Waals surface area contributed by atoms with Gasteiger partial charge in [0.2, 0.25) is 0 Å². The quantitative estimate of drug-likeness (QED) is 0.534. The van der Waals surface area contributed by atoms with Crippen LogP contribution in [-0.4, -0.2) is 44.9 Å². The fraction of sp³-hybridized carbons (Fsp3) is 1.00. The Labute approximate surface area is 72.6 Å². The second-order valence-electron chi connectivity index (χ2n) is 2.00. The number of hydrogen-bond donors (Lipinski definition) is 1. The Balaban J connectivity index is 3.75. The van der Waals surface area contributed by atoms with Crippen molar-refractivity contribution < 1.29 is 14.5 Å². The number of nitrogens with two attached hydrogens (primary N) is 1. The fourth-order valence-corrected chi connectivity index (χ4v) is 0.723. The van der Waals surface area contributed by atoms with Crippen molar-refractivity contribution in [3.05, 3.63) is 0 Å². The van der Waals surface area contributed by atoms with Crippen molar-refractivity contribution in [2.45, 2.75) is 6.42 Å². The summed E-state index contributed by atoms with van der Waals surface area (Å²) in [5, 5.41) is 2.56. The second-order valence-corrected chi connectivity index (χ2v) is 2.00. The predicted molar refractivity (Wildman–Crippen MR) is 43.2 cm³/mol. The highest BCUT2D eigenvalue weighted by molar-refractivity contribution is 4.38. The smallest absolute Gasteiger partial charge is 0.0617 e. The zero-order valence-electron chi connectivity index (χ0n) is 7.82. The Kier molecular flexibility index (Phi) is 7.26. The van der Waals surface area contributed by atoms with E-state index in [-0.39, 0.29) is 0 Å². The molecule has 6 heteroatoms. The number of hydrazine groups is 1. The van der Waals surface area contributed by atoms with Crippen LogP contribution in [0, 0.1) is 0 Å². The number of hydrogen-bond acceptors (Lipinski definition) is 6. The van der Waals surface area contributed by atoms with Gasteiger partial charge in [-0.2, -0.15) is 0 Å². The summed E-state index contributed by atoms with van der Waals surface area (Å²) in [5.74, 6) is 0. The maximum Gasteiger partial charge on any atom is 0.0617 e.